The van der Waals surface area contributed by atoms with Crippen molar-refractivity contribution in [2.75, 3.05) is 24.7 Å². The summed E-state index contributed by atoms with van der Waals surface area (Å²) in [5.41, 5.74) is 5.77. The van der Waals surface area contributed by atoms with Gasteiger partial charge in [-0.25, -0.2) is 8.42 Å². The quantitative estimate of drug-likeness (QED) is 0.686. The standard InChI is InChI=1S/C13H27NO3S/c1-13(2,11-14)7-3-4-9-18(15,16)10-12-6-5-8-17-12/h12H,3-11,14H2,1-2H3. The van der Waals surface area contributed by atoms with E-state index in [4.69, 9.17) is 10.5 Å². The van der Waals surface area contributed by atoms with Gasteiger partial charge in [-0.05, 0) is 37.6 Å². The number of hydrogen-bond acceptors (Lipinski definition) is 4. The van der Waals surface area contributed by atoms with E-state index in [9.17, 15) is 8.42 Å². The molecule has 0 aromatic carbocycles. The second-order valence-corrected chi connectivity index (χ2v) is 8.30. The number of rotatable bonds is 8. The van der Waals surface area contributed by atoms with Crippen LogP contribution in [0.25, 0.3) is 0 Å². The van der Waals surface area contributed by atoms with E-state index < -0.39 is 9.84 Å². The average molecular weight is 277 g/mol. The Labute approximate surface area is 111 Å². The van der Waals surface area contributed by atoms with Crippen molar-refractivity contribution in [3.05, 3.63) is 0 Å². The zero-order valence-corrected chi connectivity index (χ0v) is 12.5. The van der Waals surface area contributed by atoms with Crippen LogP contribution in [0.5, 0.6) is 0 Å². The van der Waals surface area contributed by atoms with Crippen LogP contribution in [0.2, 0.25) is 0 Å². The average Bonchev–Trinajstić information content (AvgIpc) is 2.76. The van der Waals surface area contributed by atoms with Crippen LogP contribution in [0.15, 0.2) is 0 Å². The van der Waals surface area contributed by atoms with Crippen molar-refractivity contribution in [2.24, 2.45) is 11.1 Å². The summed E-state index contributed by atoms with van der Waals surface area (Å²) >= 11 is 0. The summed E-state index contributed by atoms with van der Waals surface area (Å²) in [5.74, 6) is 0.487. The maximum absolute atomic E-state index is 11.9. The minimum atomic E-state index is -2.95. The first-order chi connectivity index (χ1) is 8.35. The number of ether oxygens (including phenoxy) is 1. The van der Waals surface area contributed by atoms with Crippen molar-refractivity contribution in [3.8, 4) is 0 Å². The first kappa shape index (κ1) is 15.9. The summed E-state index contributed by atoms with van der Waals surface area (Å²) in [6.45, 7) is 5.60. The Morgan fingerprint density at radius 1 is 1.33 bits per heavy atom. The molecule has 1 heterocycles. The zero-order valence-electron chi connectivity index (χ0n) is 11.7. The van der Waals surface area contributed by atoms with Crippen molar-refractivity contribution >= 4 is 9.84 Å². The fourth-order valence-corrected chi connectivity index (χ4v) is 3.81. The Kier molecular flexibility index (Phi) is 6.08. The Morgan fingerprint density at radius 2 is 2.06 bits per heavy atom. The monoisotopic (exact) mass is 277 g/mol. The van der Waals surface area contributed by atoms with Gasteiger partial charge in [0, 0.05) is 6.61 Å². The number of nitrogens with two attached hydrogens (primary N) is 1. The predicted molar refractivity (Wildman–Crippen MR) is 74.3 cm³/mol. The highest BCUT2D eigenvalue weighted by Gasteiger charge is 2.23. The van der Waals surface area contributed by atoms with E-state index >= 15 is 0 Å². The maximum atomic E-state index is 11.9. The van der Waals surface area contributed by atoms with Gasteiger partial charge in [-0.2, -0.15) is 0 Å². The SMILES string of the molecule is CC(C)(CN)CCCCS(=O)(=O)CC1CCCO1. The van der Waals surface area contributed by atoms with Crippen LogP contribution in [-0.4, -0.2) is 39.2 Å². The van der Waals surface area contributed by atoms with Crippen LogP contribution >= 0.6 is 0 Å². The van der Waals surface area contributed by atoms with E-state index in [0.29, 0.717) is 13.2 Å². The molecule has 0 aromatic heterocycles. The van der Waals surface area contributed by atoms with Crippen LogP contribution in [-0.2, 0) is 14.6 Å². The van der Waals surface area contributed by atoms with E-state index in [0.717, 1.165) is 32.1 Å². The Bertz CT molecular complexity index is 332. The summed E-state index contributed by atoms with van der Waals surface area (Å²) in [6, 6.07) is 0. The van der Waals surface area contributed by atoms with Crippen LogP contribution in [0.1, 0.15) is 46.0 Å². The number of sulfone groups is 1. The van der Waals surface area contributed by atoms with E-state index in [1.807, 2.05) is 0 Å². The molecule has 1 unspecified atom stereocenters. The fourth-order valence-electron chi connectivity index (χ4n) is 2.17. The second kappa shape index (κ2) is 6.87. The van der Waals surface area contributed by atoms with E-state index in [2.05, 4.69) is 13.8 Å². The number of hydrogen-bond donors (Lipinski definition) is 1. The van der Waals surface area contributed by atoms with E-state index in [-0.39, 0.29) is 23.0 Å². The highest BCUT2D eigenvalue weighted by atomic mass is 32.2. The van der Waals surface area contributed by atoms with E-state index in [1.54, 1.807) is 0 Å². The molecule has 1 aliphatic heterocycles. The lowest BCUT2D eigenvalue weighted by Crippen LogP contribution is -2.24. The van der Waals surface area contributed by atoms with Gasteiger partial charge in [0.05, 0.1) is 17.6 Å². The lowest BCUT2D eigenvalue weighted by molar-refractivity contribution is 0.127. The Hall–Kier alpha value is -0.130. The van der Waals surface area contributed by atoms with E-state index in [1.165, 1.54) is 0 Å². The molecule has 0 bridgehead atoms. The summed E-state index contributed by atoms with van der Waals surface area (Å²) in [6.07, 6.45) is 4.46. The Balaban J connectivity index is 2.21. The van der Waals surface area contributed by atoms with Crippen LogP contribution in [0.4, 0.5) is 0 Å². The molecule has 1 rings (SSSR count). The van der Waals surface area contributed by atoms with Gasteiger partial charge in [-0.15, -0.1) is 0 Å². The molecular formula is C13H27NO3S. The lowest BCUT2D eigenvalue weighted by Gasteiger charge is -2.21. The molecule has 1 fully saturated rings. The summed E-state index contributed by atoms with van der Waals surface area (Å²) < 4.78 is 29.1. The summed E-state index contributed by atoms with van der Waals surface area (Å²) in [4.78, 5) is 0. The van der Waals surface area contributed by atoms with Gasteiger partial charge in [0.25, 0.3) is 0 Å². The molecule has 4 nitrogen and oxygen atoms in total. The minimum absolute atomic E-state index is 0.0597. The smallest absolute Gasteiger partial charge is 0.152 e. The van der Waals surface area contributed by atoms with Crippen molar-refractivity contribution in [1.82, 2.24) is 0 Å². The molecule has 18 heavy (non-hydrogen) atoms. The van der Waals surface area contributed by atoms with Crippen molar-refractivity contribution in [1.29, 1.82) is 0 Å². The highest BCUT2D eigenvalue weighted by molar-refractivity contribution is 7.91. The topological polar surface area (TPSA) is 69.4 Å². The first-order valence-electron chi connectivity index (χ1n) is 6.87. The van der Waals surface area contributed by atoms with Crippen molar-refractivity contribution in [3.63, 3.8) is 0 Å². The molecule has 0 aliphatic carbocycles. The van der Waals surface area contributed by atoms with Crippen LogP contribution < -0.4 is 5.73 Å². The van der Waals surface area contributed by atoms with Gasteiger partial charge in [-0.3, -0.25) is 0 Å². The molecule has 0 spiro atoms. The van der Waals surface area contributed by atoms with Crippen LogP contribution in [0, 0.1) is 5.41 Å². The normalized spacial score (nSPS) is 21.4. The Morgan fingerprint density at radius 3 is 2.61 bits per heavy atom. The summed E-state index contributed by atoms with van der Waals surface area (Å²) in [7, 11) is -2.95. The first-order valence-corrected chi connectivity index (χ1v) is 8.69. The molecule has 2 N–H and O–H groups in total. The molecule has 0 aromatic rings. The maximum Gasteiger partial charge on any atom is 0.152 e. The molecule has 0 amide bonds. The molecule has 1 atom stereocenters. The molecule has 0 radical (unpaired) electrons. The molecule has 5 heteroatoms. The largest absolute Gasteiger partial charge is 0.377 e. The molecule has 0 saturated carbocycles. The van der Waals surface area contributed by atoms with Crippen LogP contribution in [0.3, 0.4) is 0 Å². The third kappa shape index (κ3) is 6.16. The number of unbranched alkanes of at least 4 members (excludes halogenated alkanes) is 1. The predicted octanol–water partition coefficient (Wildman–Crippen LogP) is 1.74. The van der Waals surface area contributed by atoms with Gasteiger partial charge < -0.3 is 10.5 Å². The third-order valence-electron chi connectivity index (χ3n) is 3.58. The second-order valence-electron chi connectivity index (χ2n) is 6.07. The lowest BCUT2D eigenvalue weighted by atomic mass is 9.88. The molecule has 108 valence electrons. The van der Waals surface area contributed by atoms with Gasteiger partial charge in [0.2, 0.25) is 0 Å². The van der Waals surface area contributed by atoms with Crippen molar-refractivity contribution in [2.45, 2.75) is 52.1 Å². The molecule has 1 saturated heterocycles. The molecule has 1 aliphatic rings. The van der Waals surface area contributed by atoms with Gasteiger partial charge in [0.1, 0.15) is 0 Å². The fraction of sp³-hybridized carbons (Fsp3) is 1.00. The van der Waals surface area contributed by atoms with Gasteiger partial charge >= 0.3 is 0 Å². The summed E-state index contributed by atoms with van der Waals surface area (Å²) in [5, 5.41) is 0. The van der Waals surface area contributed by atoms with Crippen molar-refractivity contribution < 1.29 is 13.2 Å². The zero-order chi connectivity index (χ0) is 13.6. The van der Waals surface area contributed by atoms with Gasteiger partial charge in [0.15, 0.2) is 9.84 Å². The van der Waals surface area contributed by atoms with Gasteiger partial charge in [-0.1, -0.05) is 20.3 Å². The highest BCUT2D eigenvalue weighted by Crippen LogP contribution is 2.22. The minimum Gasteiger partial charge on any atom is -0.377 e. The molecular weight excluding hydrogens is 250 g/mol. The third-order valence-corrected chi connectivity index (χ3v) is 5.37.